The van der Waals surface area contributed by atoms with Crippen molar-refractivity contribution < 1.29 is 18.7 Å². The Balaban J connectivity index is 3.35. The highest BCUT2D eigenvalue weighted by Gasteiger charge is 2.29. The largest absolute Gasteiger partial charge is 0.411 e. The average molecular weight is 312 g/mol. The standard InChI is InChI=1S/C10H11Cl2NO4S/c1-18(16,17)9(5-14)10(13-15)7-3-2-6(11)4-8(7)12/h2-4,9,14-15H,5H2,1H3/b13-10-/t9-/m1/s1. The maximum atomic E-state index is 11.5. The van der Waals surface area contributed by atoms with Crippen molar-refractivity contribution in [1.29, 1.82) is 0 Å². The third-order valence-electron chi connectivity index (χ3n) is 2.30. The Morgan fingerprint density at radius 3 is 2.44 bits per heavy atom. The zero-order valence-electron chi connectivity index (χ0n) is 9.34. The molecule has 1 aromatic rings. The first-order chi connectivity index (χ1) is 8.31. The van der Waals surface area contributed by atoms with Gasteiger partial charge in [0.15, 0.2) is 9.84 Å². The van der Waals surface area contributed by atoms with Crippen molar-refractivity contribution in [2.75, 3.05) is 12.9 Å². The van der Waals surface area contributed by atoms with Gasteiger partial charge in [-0.15, -0.1) is 0 Å². The molecule has 1 rings (SSSR count). The van der Waals surface area contributed by atoms with E-state index in [9.17, 15) is 8.42 Å². The van der Waals surface area contributed by atoms with E-state index < -0.39 is 21.7 Å². The molecule has 2 N–H and O–H groups in total. The minimum atomic E-state index is -3.63. The number of hydrogen-bond donors (Lipinski definition) is 2. The summed E-state index contributed by atoms with van der Waals surface area (Å²) < 4.78 is 23.0. The number of aliphatic hydroxyl groups is 1. The second kappa shape index (κ2) is 5.88. The van der Waals surface area contributed by atoms with Crippen LogP contribution in [0.25, 0.3) is 0 Å². The molecule has 0 saturated heterocycles. The summed E-state index contributed by atoms with van der Waals surface area (Å²) in [6.07, 6.45) is 0.933. The fraction of sp³-hybridized carbons (Fsp3) is 0.300. The van der Waals surface area contributed by atoms with E-state index >= 15 is 0 Å². The first kappa shape index (κ1) is 15.2. The molecule has 18 heavy (non-hydrogen) atoms. The SMILES string of the molecule is CS(=O)(=O)[C@H](CO)/C(=N\O)c1ccc(Cl)cc1Cl. The van der Waals surface area contributed by atoms with Crippen LogP contribution in [0.15, 0.2) is 23.4 Å². The highest BCUT2D eigenvalue weighted by molar-refractivity contribution is 7.92. The highest BCUT2D eigenvalue weighted by Crippen LogP contribution is 2.24. The number of sulfone groups is 1. The molecule has 0 aliphatic rings. The van der Waals surface area contributed by atoms with Crippen molar-refractivity contribution in [1.82, 2.24) is 0 Å². The number of aliphatic hydroxyl groups excluding tert-OH is 1. The third kappa shape index (κ3) is 3.35. The van der Waals surface area contributed by atoms with E-state index in [1.54, 1.807) is 0 Å². The van der Waals surface area contributed by atoms with Gasteiger partial charge in [0.1, 0.15) is 11.0 Å². The van der Waals surface area contributed by atoms with Gasteiger partial charge in [-0.2, -0.15) is 0 Å². The molecule has 0 aromatic heterocycles. The molecule has 0 unspecified atom stereocenters. The summed E-state index contributed by atoms with van der Waals surface area (Å²) >= 11 is 11.6. The van der Waals surface area contributed by atoms with Crippen LogP contribution in [0.3, 0.4) is 0 Å². The minimum Gasteiger partial charge on any atom is -0.411 e. The van der Waals surface area contributed by atoms with Crippen molar-refractivity contribution in [2.45, 2.75) is 5.25 Å². The molecule has 0 aliphatic carbocycles. The third-order valence-corrected chi connectivity index (χ3v) is 4.26. The summed E-state index contributed by atoms with van der Waals surface area (Å²) in [5.74, 6) is 0. The zero-order chi connectivity index (χ0) is 13.9. The minimum absolute atomic E-state index is 0.136. The molecule has 8 heteroatoms. The van der Waals surface area contributed by atoms with Gasteiger partial charge in [-0.1, -0.05) is 28.4 Å². The lowest BCUT2D eigenvalue weighted by Crippen LogP contribution is -2.34. The topological polar surface area (TPSA) is 87.0 Å². The summed E-state index contributed by atoms with van der Waals surface area (Å²) in [5.41, 5.74) is -0.0188. The summed E-state index contributed by atoms with van der Waals surface area (Å²) in [6.45, 7) is -0.711. The Bertz CT molecular complexity index is 571. The molecule has 5 nitrogen and oxygen atoms in total. The Kier molecular flexibility index (Phi) is 4.98. The van der Waals surface area contributed by atoms with Crippen LogP contribution >= 0.6 is 23.2 Å². The van der Waals surface area contributed by atoms with Crippen molar-refractivity contribution in [3.63, 3.8) is 0 Å². The van der Waals surface area contributed by atoms with Crippen molar-refractivity contribution in [3.8, 4) is 0 Å². The Morgan fingerprint density at radius 1 is 1.44 bits per heavy atom. The number of rotatable bonds is 4. The molecule has 0 fully saturated rings. The predicted molar refractivity (Wildman–Crippen MR) is 70.5 cm³/mol. The van der Waals surface area contributed by atoms with Crippen molar-refractivity contribution in [3.05, 3.63) is 33.8 Å². The summed E-state index contributed by atoms with van der Waals surface area (Å²) in [5, 5.41) is 20.2. The lowest BCUT2D eigenvalue weighted by atomic mass is 10.1. The molecule has 0 radical (unpaired) electrons. The number of nitrogens with zero attached hydrogens (tertiary/aromatic N) is 1. The van der Waals surface area contributed by atoms with Gasteiger partial charge in [-0.05, 0) is 18.2 Å². The van der Waals surface area contributed by atoms with E-state index in [1.165, 1.54) is 18.2 Å². The lowest BCUT2D eigenvalue weighted by Gasteiger charge is -2.15. The smallest absolute Gasteiger partial charge is 0.158 e. The number of halogens is 2. The second-order valence-electron chi connectivity index (χ2n) is 3.61. The van der Waals surface area contributed by atoms with Gasteiger partial charge in [-0.3, -0.25) is 0 Å². The van der Waals surface area contributed by atoms with E-state index in [2.05, 4.69) is 5.16 Å². The quantitative estimate of drug-likeness (QED) is 0.502. The summed E-state index contributed by atoms with van der Waals surface area (Å²) in [7, 11) is -3.63. The Morgan fingerprint density at radius 2 is 2.06 bits per heavy atom. The van der Waals surface area contributed by atoms with E-state index in [1.807, 2.05) is 0 Å². The van der Waals surface area contributed by atoms with Gasteiger partial charge >= 0.3 is 0 Å². The van der Waals surface area contributed by atoms with Crippen LogP contribution in [0.4, 0.5) is 0 Å². The Hall–Kier alpha value is -0.820. The monoisotopic (exact) mass is 311 g/mol. The molecule has 0 bridgehead atoms. The Labute approximate surface area is 115 Å². The summed E-state index contributed by atoms with van der Waals surface area (Å²) in [6, 6.07) is 4.29. The average Bonchev–Trinajstić information content (AvgIpc) is 2.25. The van der Waals surface area contributed by atoms with Crippen LogP contribution in [0.5, 0.6) is 0 Å². The van der Waals surface area contributed by atoms with Crippen LogP contribution in [0.2, 0.25) is 10.0 Å². The predicted octanol–water partition coefficient (Wildman–Crippen LogP) is 1.58. The van der Waals surface area contributed by atoms with Gasteiger partial charge in [-0.25, -0.2) is 8.42 Å². The number of oxime groups is 1. The number of benzene rings is 1. The fourth-order valence-corrected chi connectivity index (χ4v) is 2.77. The van der Waals surface area contributed by atoms with E-state index in [-0.39, 0.29) is 16.3 Å². The first-order valence-electron chi connectivity index (χ1n) is 4.78. The fourth-order valence-electron chi connectivity index (χ4n) is 1.41. The van der Waals surface area contributed by atoms with E-state index in [4.69, 9.17) is 33.5 Å². The van der Waals surface area contributed by atoms with E-state index in [0.29, 0.717) is 5.02 Å². The molecule has 0 saturated carbocycles. The van der Waals surface area contributed by atoms with Crippen molar-refractivity contribution in [2.24, 2.45) is 5.16 Å². The highest BCUT2D eigenvalue weighted by atomic mass is 35.5. The molecule has 0 spiro atoms. The first-order valence-corrected chi connectivity index (χ1v) is 7.49. The van der Waals surface area contributed by atoms with E-state index in [0.717, 1.165) is 6.26 Å². The lowest BCUT2D eigenvalue weighted by molar-refractivity contribution is 0.296. The van der Waals surface area contributed by atoms with Crippen LogP contribution in [0, 0.1) is 0 Å². The van der Waals surface area contributed by atoms with Gasteiger partial charge in [0.2, 0.25) is 0 Å². The van der Waals surface area contributed by atoms with Gasteiger partial charge in [0.05, 0.1) is 11.6 Å². The van der Waals surface area contributed by atoms with Gasteiger partial charge < -0.3 is 10.3 Å². The van der Waals surface area contributed by atoms with Gasteiger partial charge in [0, 0.05) is 16.8 Å². The second-order valence-corrected chi connectivity index (χ2v) is 6.68. The zero-order valence-corrected chi connectivity index (χ0v) is 11.7. The van der Waals surface area contributed by atoms with Crippen molar-refractivity contribution >= 4 is 38.8 Å². The number of hydrogen-bond acceptors (Lipinski definition) is 5. The van der Waals surface area contributed by atoms with Crippen LogP contribution in [0.1, 0.15) is 5.56 Å². The van der Waals surface area contributed by atoms with Gasteiger partial charge in [0.25, 0.3) is 0 Å². The normalized spacial score (nSPS) is 14.6. The summed E-state index contributed by atoms with van der Waals surface area (Å²) in [4.78, 5) is 0. The molecule has 1 aromatic carbocycles. The molecular formula is C10H11Cl2NO4S. The molecule has 100 valence electrons. The molecule has 0 amide bonds. The molecule has 0 heterocycles. The molecular weight excluding hydrogens is 301 g/mol. The van der Waals surface area contributed by atoms with Crippen LogP contribution < -0.4 is 0 Å². The maximum absolute atomic E-state index is 11.5. The molecule has 1 atom stereocenters. The maximum Gasteiger partial charge on any atom is 0.158 e. The van der Waals surface area contributed by atoms with Crippen LogP contribution in [-0.4, -0.2) is 42.6 Å². The molecule has 0 aliphatic heterocycles. The van der Waals surface area contributed by atoms with Crippen LogP contribution in [-0.2, 0) is 9.84 Å².